The number of aromatic amines is 1. The van der Waals surface area contributed by atoms with Crippen molar-refractivity contribution in [3.05, 3.63) is 12.4 Å². The van der Waals surface area contributed by atoms with Crippen molar-refractivity contribution < 1.29 is 0 Å². The number of hydrogen-bond acceptors (Lipinski definition) is 2. The summed E-state index contributed by atoms with van der Waals surface area (Å²) in [4.78, 5) is 7.07. The van der Waals surface area contributed by atoms with Gasteiger partial charge in [-0.15, -0.1) is 0 Å². The summed E-state index contributed by atoms with van der Waals surface area (Å²) in [6, 6.07) is 0. The smallest absolute Gasteiger partial charge is 0.200 e. The highest BCUT2D eigenvalue weighted by Crippen LogP contribution is 2.17. The Labute approximate surface area is 73.6 Å². The zero-order valence-corrected chi connectivity index (χ0v) is 8.02. The lowest BCUT2D eigenvalue weighted by Gasteiger charge is -2.17. The molecular weight excluding hydrogens is 150 g/mol. The third-order valence-corrected chi connectivity index (χ3v) is 1.67. The number of hydrogen-bond donors (Lipinski definition) is 2. The van der Waals surface area contributed by atoms with Gasteiger partial charge in [-0.1, -0.05) is 20.8 Å². The van der Waals surface area contributed by atoms with Crippen LogP contribution in [0.2, 0.25) is 0 Å². The maximum Gasteiger partial charge on any atom is 0.200 e. The average Bonchev–Trinajstić information content (AvgIpc) is 2.36. The maximum atomic E-state index is 4.07. The minimum atomic E-state index is 0.388. The Bertz CT molecular complexity index is 208. The molecule has 0 aliphatic heterocycles. The molecule has 0 saturated carbocycles. The summed E-state index contributed by atoms with van der Waals surface area (Å²) >= 11 is 0. The molecule has 2 N–H and O–H groups in total. The van der Waals surface area contributed by atoms with E-state index in [0.717, 1.165) is 18.9 Å². The lowest BCUT2D eigenvalue weighted by atomic mass is 9.92. The Morgan fingerprint density at radius 1 is 1.50 bits per heavy atom. The Morgan fingerprint density at radius 3 is 2.75 bits per heavy atom. The lowest BCUT2D eigenvalue weighted by Crippen LogP contribution is -2.13. The van der Waals surface area contributed by atoms with Gasteiger partial charge in [-0.2, -0.15) is 0 Å². The van der Waals surface area contributed by atoms with Crippen LogP contribution in [-0.2, 0) is 0 Å². The van der Waals surface area contributed by atoms with Gasteiger partial charge in [-0.25, -0.2) is 4.98 Å². The monoisotopic (exact) mass is 167 g/mol. The van der Waals surface area contributed by atoms with Crippen molar-refractivity contribution in [3.63, 3.8) is 0 Å². The number of H-pyrrole nitrogens is 1. The summed E-state index contributed by atoms with van der Waals surface area (Å²) in [5.41, 5.74) is 0.388. The summed E-state index contributed by atoms with van der Waals surface area (Å²) in [5.74, 6) is 0.860. The quantitative estimate of drug-likeness (QED) is 0.725. The van der Waals surface area contributed by atoms with Crippen LogP contribution in [0.15, 0.2) is 12.4 Å². The molecule has 0 unspecified atom stereocenters. The summed E-state index contributed by atoms with van der Waals surface area (Å²) in [7, 11) is 0. The molecule has 0 radical (unpaired) electrons. The molecule has 1 aromatic heterocycles. The van der Waals surface area contributed by atoms with Gasteiger partial charge >= 0.3 is 0 Å². The van der Waals surface area contributed by atoms with Crippen LogP contribution in [0.1, 0.15) is 27.2 Å². The van der Waals surface area contributed by atoms with Crippen molar-refractivity contribution in [1.29, 1.82) is 0 Å². The molecule has 0 bridgehead atoms. The molecule has 1 aromatic rings. The van der Waals surface area contributed by atoms with E-state index in [1.165, 1.54) is 0 Å². The van der Waals surface area contributed by atoms with Crippen LogP contribution >= 0.6 is 0 Å². The van der Waals surface area contributed by atoms with Crippen LogP contribution in [0.4, 0.5) is 5.95 Å². The van der Waals surface area contributed by atoms with Gasteiger partial charge in [-0.05, 0) is 11.8 Å². The van der Waals surface area contributed by atoms with E-state index in [0.29, 0.717) is 5.41 Å². The molecule has 0 saturated heterocycles. The molecule has 0 aliphatic carbocycles. The van der Waals surface area contributed by atoms with Crippen LogP contribution < -0.4 is 5.32 Å². The van der Waals surface area contributed by atoms with E-state index in [1.54, 1.807) is 6.20 Å². The highest BCUT2D eigenvalue weighted by atomic mass is 15.1. The molecule has 0 aromatic carbocycles. The first-order valence-corrected chi connectivity index (χ1v) is 4.31. The van der Waals surface area contributed by atoms with E-state index in [-0.39, 0.29) is 0 Å². The van der Waals surface area contributed by atoms with Gasteiger partial charge in [0.25, 0.3) is 0 Å². The van der Waals surface area contributed by atoms with Crippen molar-refractivity contribution >= 4 is 5.95 Å². The number of anilines is 1. The van der Waals surface area contributed by atoms with Gasteiger partial charge in [0, 0.05) is 18.9 Å². The third kappa shape index (κ3) is 3.42. The lowest BCUT2D eigenvalue weighted by molar-refractivity contribution is 0.389. The number of aromatic nitrogens is 2. The molecule has 1 rings (SSSR count). The normalized spacial score (nSPS) is 11.6. The predicted octanol–water partition coefficient (Wildman–Crippen LogP) is 2.26. The van der Waals surface area contributed by atoms with Gasteiger partial charge in [0.15, 0.2) is 5.95 Å². The molecule has 3 nitrogen and oxygen atoms in total. The Kier molecular flexibility index (Phi) is 2.74. The topological polar surface area (TPSA) is 40.7 Å². The fourth-order valence-electron chi connectivity index (χ4n) is 0.918. The van der Waals surface area contributed by atoms with Crippen molar-refractivity contribution in [2.75, 3.05) is 11.9 Å². The first kappa shape index (κ1) is 9.10. The molecule has 0 aliphatic rings. The van der Waals surface area contributed by atoms with Crippen LogP contribution in [0.25, 0.3) is 0 Å². The zero-order chi connectivity index (χ0) is 9.03. The van der Waals surface area contributed by atoms with Crippen molar-refractivity contribution in [2.45, 2.75) is 27.2 Å². The molecule has 12 heavy (non-hydrogen) atoms. The molecule has 68 valence electrons. The van der Waals surface area contributed by atoms with Crippen LogP contribution in [0, 0.1) is 5.41 Å². The summed E-state index contributed by atoms with van der Waals surface area (Å²) in [6.45, 7) is 7.67. The minimum absolute atomic E-state index is 0.388. The third-order valence-electron chi connectivity index (χ3n) is 1.67. The Balaban J connectivity index is 2.20. The highest BCUT2D eigenvalue weighted by molar-refractivity contribution is 5.22. The zero-order valence-electron chi connectivity index (χ0n) is 8.02. The Morgan fingerprint density at radius 2 is 2.25 bits per heavy atom. The molecule has 0 amide bonds. The van der Waals surface area contributed by atoms with Crippen molar-refractivity contribution in [1.82, 2.24) is 9.97 Å². The second kappa shape index (κ2) is 3.61. The largest absolute Gasteiger partial charge is 0.356 e. The second-order valence-corrected chi connectivity index (χ2v) is 4.18. The first-order chi connectivity index (χ1) is 5.58. The van der Waals surface area contributed by atoms with E-state index in [1.807, 2.05) is 6.20 Å². The second-order valence-electron chi connectivity index (χ2n) is 4.18. The van der Waals surface area contributed by atoms with E-state index in [9.17, 15) is 0 Å². The van der Waals surface area contributed by atoms with Crippen LogP contribution in [-0.4, -0.2) is 16.5 Å². The minimum Gasteiger partial charge on any atom is -0.356 e. The number of imidazole rings is 1. The fraction of sp³-hybridized carbons (Fsp3) is 0.667. The summed E-state index contributed by atoms with van der Waals surface area (Å²) in [6.07, 6.45) is 4.71. The van der Waals surface area contributed by atoms with Crippen LogP contribution in [0.5, 0.6) is 0 Å². The molecule has 0 atom stereocenters. The Hall–Kier alpha value is -0.990. The summed E-state index contributed by atoms with van der Waals surface area (Å²) in [5, 5.41) is 3.21. The first-order valence-electron chi connectivity index (χ1n) is 4.31. The SMILES string of the molecule is CC(C)(C)CCNc1ncc[nH]1. The van der Waals surface area contributed by atoms with Gasteiger partial charge < -0.3 is 10.3 Å². The van der Waals surface area contributed by atoms with E-state index < -0.39 is 0 Å². The fourth-order valence-corrected chi connectivity index (χ4v) is 0.918. The van der Waals surface area contributed by atoms with Gasteiger partial charge in [0.05, 0.1) is 0 Å². The molecule has 0 fully saturated rings. The van der Waals surface area contributed by atoms with Crippen molar-refractivity contribution in [2.24, 2.45) is 5.41 Å². The average molecular weight is 167 g/mol. The highest BCUT2D eigenvalue weighted by Gasteiger charge is 2.08. The van der Waals surface area contributed by atoms with Gasteiger partial charge in [0.1, 0.15) is 0 Å². The van der Waals surface area contributed by atoms with E-state index in [2.05, 4.69) is 36.1 Å². The molecule has 3 heteroatoms. The molecule has 1 heterocycles. The van der Waals surface area contributed by atoms with E-state index in [4.69, 9.17) is 0 Å². The number of nitrogens with one attached hydrogen (secondary N) is 2. The van der Waals surface area contributed by atoms with Gasteiger partial charge in [-0.3, -0.25) is 0 Å². The maximum absolute atomic E-state index is 4.07. The van der Waals surface area contributed by atoms with E-state index >= 15 is 0 Å². The van der Waals surface area contributed by atoms with Crippen LogP contribution in [0.3, 0.4) is 0 Å². The summed E-state index contributed by atoms with van der Waals surface area (Å²) < 4.78 is 0. The number of nitrogens with zero attached hydrogens (tertiary/aromatic N) is 1. The predicted molar refractivity (Wildman–Crippen MR) is 51.1 cm³/mol. The van der Waals surface area contributed by atoms with Crippen molar-refractivity contribution in [3.8, 4) is 0 Å². The molecule has 0 spiro atoms. The van der Waals surface area contributed by atoms with Gasteiger partial charge in [0.2, 0.25) is 0 Å². The number of rotatable bonds is 3. The molecular formula is C9H17N3. The standard InChI is InChI=1S/C9H17N3/c1-9(2,3)4-5-10-8-11-6-7-12-8/h6-7H,4-5H2,1-3H3,(H2,10,11,12).